The monoisotopic (exact) mass is 280 g/mol. The van der Waals surface area contributed by atoms with Gasteiger partial charge in [0.15, 0.2) is 0 Å². The van der Waals surface area contributed by atoms with E-state index in [2.05, 4.69) is 29.2 Å². The van der Waals surface area contributed by atoms with E-state index in [-0.39, 0.29) is 5.91 Å². The van der Waals surface area contributed by atoms with Crippen LogP contribution in [0.25, 0.3) is 0 Å². The summed E-state index contributed by atoms with van der Waals surface area (Å²) in [5.41, 5.74) is 0.633. The lowest BCUT2D eigenvalue weighted by atomic mass is 10.2. The summed E-state index contributed by atoms with van der Waals surface area (Å²) in [6.07, 6.45) is 8.04. The second-order valence-electron chi connectivity index (χ2n) is 5.10. The molecule has 0 unspecified atom stereocenters. The van der Waals surface area contributed by atoms with Crippen LogP contribution in [0.3, 0.4) is 0 Å². The predicted octanol–water partition coefficient (Wildman–Crippen LogP) is 2.05. The first-order valence-electron chi connectivity index (χ1n) is 7.66. The average Bonchev–Trinajstić information content (AvgIpc) is 2.88. The summed E-state index contributed by atoms with van der Waals surface area (Å²) >= 11 is 0. The number of amides is 1. The number of carbonyl (C=O) groups excluding carboxylic acids is 1. The molecule has 0 saturated carbocycles. The molecule has 1 aromatic heterocycles. The van der Waals surface area contributed by atoms with Crippen LogP contribution >= 0.6 is 0 Å². The highest BCUT2D eigenvalue weighted by Gasteiger charge is 2.06. The molecule has 114 valence electrons. The van der Waals surface area contributed by atoms with Crippen molar-refractivity contribution in [3.05, 3.63) is 18.0 Å². The minimum absolute atomic E-state index is 0.0266. The summed E-state index contributed by atoms with van der Waals surface area (Å²) < 4.78 is 1.64. The summed E-state index contributed by atoms with van der Waals surface area (Å²) in [5, 5.41) is 6.92. The number of hydrogen-bond donors (Lipinski definition) is 1. The summed E-state index contributed by atoms with van der Waals surface area (Å²) in [5.74, 6) is -0.0266. The molecule has 1 aromatic rings. The second kappa shape index (κ2) is 9.53. The molecule has 0 fully saturated rings. The van der Waals surface area contributed by atoms with E-state index in [4.69, 9.17) is 0 Å². The number of rotatable bonds is 10. The number of carbonyl (C=O) groups is 1. The van der Waals surface area contributed by atoms with Gasteiger partial charge in [0, 0.05) is 19.8 Å². The molecule has 0 aliphatic heterocycles. The van der Waals surface area contributed by atoms with Gasteiger partial charge < -0.3 is 10.2 Å². The molecule has 5 heteroatoms. The van der Waals surface area contributed by atoms with Gasteiger partial charge in [-0.15, -0.1) is 0 Å². The Morgan fingerprint density at radius 3 is 2.55 bits per heavy atom. The number of nitrogens with zero attached hydrogens (tertiary/aromatic N) is 3. The molecule has 0 radical (unpaired) electrons. The molecule has 1 rings (SSSR count). The van der Waals surface area contributed by atoms with Gasteiger partial charge in [0.05, 0.1) is 11.8 Å². The fraction of sp³-hybridized carbons (Fsp3) is 0.733. The van der Waals surface area contributed by atoms with Crippen LogP contribution in [0.4, 0.5) is 0 Å². The van der Waals surface area contributed by atoms with E-state index >= 15 is 0 Å². The molecule has 0 bridgehead atoms. The maximum Gasteiger partial charge on any atom is 0.254 e. The molecule has 20 heavy (non-hydrogen) atoms. The Morgan fingerprint density at radius 1 is 1.25 bits per heavy atom. The zero-order valence-electron chi connectivity index (χ0n) is 13.1. The van der Waals surface area contributed by atoms with Crippen molar-refractivity contribution in [2.75, 3.05) is 26.2 Å². The lowest BCUT2D eigenvalue weighted by Crippen LogP contribution is -2.24. The lowest BCUT2D eigenvalue weighted by Gasteiger charge is -2.17. The Kier molecular flexibility index (Phi) is 7.95. The molecule has 1 heterocycles. The van der Waals surface area contributed by atoms with Crippen molar-refractivity contribution in [2.45, 2.75) is 39.5 Å². The molecule has 0 spiro atoms. The van der Waals surface area contributed by atoms with E-state index in [9.17, 15) is 4.79 Å². The summed E-state index contributed by atoms with van der Waals surface area (Å²) in [7, 11) is 1.81. The van der Waals surface area contributed by atoms with Gasteiger partial charge in [0.1, 0.15) is 0 Å². The van der Waals surface area contributed by atoms with Gasteiger partial charge in [-0.05, 0) is 32.5 Å². The first kappa shape index (κ1) is 16.7. The van der Waals surface area contributed by atoms with Crippen molar-refractivity contribution in [1.29, 1.82) is 0 Å². The van der Waals surface area contributed by atoms with E-state index in [1.165, 1.54) is 25.8 Å². The fourth-order valence-electron chi connectivity index (χ4n) is 2.20. The molecule has 1 N–H and O–H groups in total. The highest BCUT2D eigenvalue weighted by atomic mass is 16.1. The normalized spacial score (nSPS) is 11.0. The molecule has 0 aromatic carbocycles. The Labute approximate surface area is 122 Å². The highest BCUT2D eigenvalue weighted by Crippen LogP contribution is 2.02. The Hall–Kier alpha value is -1.36. The van der Waals surface area contributed by atoms with E-state index in [0.29, 0.717) is 5.56 Å². The maximum atomic E-state index is 11.7. The van der Waals surface area contributed by atoms with Crippen molar-refractivity contribution >= 4 is 5.91 Å². The van der Waals surface area contributed by atoms with Crippen molar-refractivity contribution in [3.8, 4) is 0 Å². The van der Waals surface area contributed by atoms with Gasteiger partial charge in [-0.2, -0.15) is 5.10 Å². The molecule has 1 amide bonds. The average molecular weight is 280 g/mol. The van der Waals surface area contributed by atoms with E-state index < -0.39 is 0 Å². The third kappa shape index (κ3) is 6.19. The van der Waals surface area contributed by atoms with E-state index in [0.717, 1.165) is 26.1 Å². The molecule has 5 nitrogen and oxygen atoms in total. The Bertz CT molecular complexity index is 385. The van der Waals surface area contributed by atoms with Gasteiger partial charge in [-0.1, -0.05) is 26.7 Å². The number of hydrogen-bond acceptors (Lipinski definition) is 3. The zero-order chi connectivity index (χ0) is 14.8. The largest absolute Gasteiger partial charge is 0.352 e. The van der Waals surface area contributed by atoms with Crippen LogP contribution in [0.5, 0.6) is 0 Å². The van der Waals surface area contributed by atoms with Crippen molar-refractivity contribution in [1.82, 2.24) is 20.0 Å². The topological polar surface area (TPSA) is 50.2 Å². The summed E-state index contributed by atoms with van der Waals surface area (Å²) in [6.45, 7) is 8.62. The molecule has 0 aliphatic rings. The lowest BCUT2D eigenvalue weighted by molar-refractivity contribution is 0.0953. The minimum Gasteiger partial charge on any atom is -0.352 e. The fourth-order valence-corrected chi connectivity index (χ4v) is 2.20. The number of unbranched alkanes of at least 4 members (excludes halogenated alkanes) is 3. The summed E-state index contributed by atoms with van der Waals surface area (Å²) in [6, 6.07) is 0. The van der Waals surface area contributed by atoms with Crippen LogP contribution in [0.1, 0.15) is 49.9 Å². The van der Waals surface area contributed by atoms with Crippen molar-refractivity contribution < 1.29 is 4.79 Å². The second-order valence-corrected chi connectivity index (χ2v) is 5.10. The number of aryl methyl sites for hydroxylation is 1. The smallest absolute Gasteiger partial charge is 0.254 e. The SMILES string of the molecule is CCN(CC)CCCCCCNC(=O)c1cnn(C)c1. The zero-order valence-corrected chi connectivity index (χ0v) is 13.1. The first-order chi connectivity index (χ1) is 9.67. The van der Waals surface area contributed by atoms with Gasteiger partial charge in [0.2, 0.25) is 0 Å². The maximum absolute atomic E-state index is 11.7. The van der Waals surface area contributed by atoms with E-state index in [1.54, 1.807) is 17.1 Å². The summed E-state index contributed by atoms with van der Waals surface area (Å²) in [4.78, 5) is 14.2. The molecule has 0 atom stereocenters. The number of aromatic nitrogens is 2. The minimum atomic E-state index is -0.0266. The van der Waals surface area contributed by atoms with Gasteiger partial charge in [0.25, 0.3) is 5.91 Å². The van der Waals surface area contributed by atoms with Crippen LogP contribution in [0.2, 0.25) is 0 Å². The standard InChI is InChI=1S/C15H28N4O/c1-4-19(5-2)11-9-7-6-8-10-16-15(20)14-12-17-18(3)13-14/h12-13H,4-11H2,1-3H3,(H,16,20). The van der Waals surface area contributed by atoms with Crippen LogP contribution in [-0.2, 0) is 7.05 Å². The molecule has 0 saturated heterocycles. The highest BCUT2D eigenvalue weighted by molar-refractivity contribution is 5.93. The van der Waals surface area contributed by atoms with Crippen molar-refractivity contribution in [3.63, 3.8) is 0 Å². The van der Waals surface area contributed by atoms with Crippen LogP contribution < -0.4 is 5.32 Å². The van der Waals surface area contributed by atoms with Crippen LogP contribution in [0.15, 0.2) is 12.4 Å². The third-order valence-corrected chi connectivity index (χ3v) is 3.55. The van der Waals surface area contributed by atoms with Gasteiger partial charge in [-0.3, -0.25) is 9.48 Å². The molecular formula is C15H28N4O. The van der Waals surface area contributed by atoms with Gasteiger partial charge in [-0.25, -0.2) is 0 Å². The molecule has 0 aliphatic carbocycles. The Balaban J connectivity index is 2.01. The quantitative estimate of drug-likeness (QED) is 0.667. The van der Waals surface area contributed by atoms with Gasteiger partial charge >= 0.3 is 0 Å². The first-order valence-corrected chi connectivity index (χ1v) is 7.66. The van der Waals surface area contributed by atoms with Crippen LogP contribution in [0, 0.1) is 0 Å². The molecular weight excluding hydrogens is 252 g/mol. The van der Waals surface area contributed by atoms with Crippen molar-refractivity contribution in [2.24, 2.45) is 7.05 Å². The predicted molar refractivity (Wildman–Crippen MR) is 81.8 cm³/mol. The third-order valence-electron chi connectivity index (χ3n) is 3.55. The Morgan fingerprint density at radius 2 is 1.95 bits per heavy atom. The van der Waals surface area contributed by atoms with Crippen LogP contribution in [-0.4, -0.2) is 46.8 Å². The van der Waals surface area contributed by atoms with E-state index in [1.807, 2.05) is 7.05 Å². The number of nitrogens with one attached hydrogen (secondary N) is 1.